The third-order valence-electron chi connectivity index (χ3n) is 4.61. The van der Waals surface area contributed by atoms with Crippen LogP contribution in [0, 0.1) is 0 Å². The lowest BCUT2D eigenvalue weighted by Gasteiger charge is -2.46. The topological polar surface area (TPSA) is 181 Å². The molecule has 0 bridgehead atoms. The maximum atomic E-state index is 10.8. The van der Waals surface area contributed by atoms with Gasteiger partial charge in [0.05, 0.1) is 19.3 Å². The molecular formula is C15H24O12. The molecule has 0 saturated carbocycles. The summed E-state index contributed by atoms with van der Waals surface area (Å²) in [7, 11) is 0. The van der Waals surface area contributed by atoms with Gasteiger partial charge >= 0.3 is 0 Å². The molecule has 1 unspecified atom stereocenters. The van der Waals surface area contributed by atoms with Gasteiger partial charge in [0.1, 0.15) is 36.6 Å². The van der Waals surface area contributed by atoms with Crippen LogP contribution in [0.15, 0.2) is 0 Å². The average Bonchev–Trinajstić information content (AvgIpc) is 2.66. The minimum absolute atomic E-state index is 0.0304. The molecule has 0 aromatic heterocycles. The van der Waals surface area contributed by atoms with Crippen LogP contribution < -0.4 is 0 Å². The number of carbonyl (C=O) groups excluding carboxylic acids is 2. The van der Waals surface area contributed by atoms with E-state index in [0.29, 0.717) is 0 Å². The smallest absolute Gasteiger partial charge is 0.293 e. The van der Waals surface area contributed by atoms with Crippen LogP contribution in [0.1, 0.15) is 6.92 Å². The van der Waals surface area contributed by atoms with Gasteiger partial charge in [0.25, 0.3) is 12.9 Å². The van der Waals surface area contributed by atoms with Crippen molar-refractivity contribution in [2.45, 2.75) is 68.1 Å². The Bertz CT molecular complexity index is 489. The predicted octanol–water partition coefficient (Wildman–Crippen LogP) is -3.97. The summed E-state index contributed by atoms with van der Waals surface area (Å²) in [6.45, 7) is 0.384. The Morgan fingerprint density at radius 3 is 1.93 bits per heavy atom. The minimum Gasteiger partial charge on any atom is -0.458 e. The first kappa shape index (κ1) is 21.9. The van der Waals surface area contributed by atoms with Crippen LogP contribution in [0.3, 0.4) is 0 Å². The standard InChI is InChI=1S/C15H24O12/c1-6-12(11(22)9(20)7(2-16)25-6)27-15-14(24-5-19)13(23-4-18)10(21)8(3-17)26-15/h4-17,20-22H,2-3H2,1H3/t6?,7-,8+,9+,10+,11-,12+,13+,14-,15+/m0/s1. The minimum atomic E-state index is -1.51. The number of ether oxygens (including phenoxy) is 5. The number of rotatable bonds is 8. The monoisotopic (exact) mass is 396 g/mol. The second kappa shape index (κ2) is 9.71. The summed E-state index contributed by atoms with van der Waals surface area (Å²) in [5.74, 6) is 0. The first-order valence-corrected chi connectivity index (χ1v) is 8.30. The molecule has 0 aliphatic carbocycles. The van der Waals surface area contributed by atoms with Crippen LogP contribution in [0.25, 0.3) is 0 Å². The van der Waals surface area contributed by atoms with Crippen molar-refractivity contribution in [2.24, 2.45) is 0 Å². The molecule has 2 aliphatic heterocycles. The van der Waals surface area contributed by atoms with Gasteiger partial charge in [0.15, 0.2) is 18.5 Å². The number of carbonyl (C=O) groups is 2. The second-order valence-electron chi connectivity index (χ2n) is 6.25. The molecule has 2 aliphatic rings. The summed E-state index contributed by atoms with van der Waals surface area (Å²) in [5, 5.41) is 49.0. The maximum absolute atomic E-state index is 10.8. The normalized spacial score (nSPS) is 45.1. The molecule has 12 nitrogen and oxygen atoms in total. The van der Waals surface area contributed by atoms with Crippen molar-refractivity contribution in [3.05, 3.63) is 0 Å². The van der Waals surface area contributed by atoms with E-state index in [4.69, 9.17) is 23.7 Å². The quantitative estimate of drug-likeness (QED) is 0.251. The summed E-state index contributed by atoms with van der Waals surface area (Å²) < 4.78 is 25.9. The van der Waals surface area contributed by atoms with E-state index in [1.54, 1.807) is 0 Å². The zero-order chi connectivity index (χ0) is 20.1. The van der Waals surface area contributed by atoms with E-state index in [-0.39, 0.29) is 12.9 Å². The Morgan fingerprint density at radius 1 is 0.815 bits per heavy atom. The maximum Gasteiger partial charge on any atom is 0.293 e. The zero-order valence-corrected chi connectivity index (χ0v) is 14.4. The highest BCUT2D eigenvalue weighted by molar-refractivity contribution is 5.40. The molecule has 0 radical (unpaired) electrons. The van der Waals surface area contributed by atoms with Crippen LogP contribution in [-0.4, -0.2) is 113 Å². The fraction of sp³-hybridized carbons (Fsp3) is 0.867. The van der Waals surface area contributed by atoms with Crippen LogP contribution >= 0.6 is 0 Å². The highest BCUT2D eigenvalue weighted by Crippen LogP contribution is 2.30. The summed E-state index contributed by atoms with van der Waals surface area (Å²) in [5.41, 5.74) is 0. The largest absolute Gasteiger partial charge is 0.458 e. The lowest BCUT2D eigenvalue weighted by molar-refractivity contribution is -0.339. The Balaban J connectivity index is 2.22. The Kier molecular flexibility index (Phi) is 7.88. The molecule has 156 valence electrons. The highest BCUT2D eigenvalue weighted by atomic mass is 16.7. The molecule has 0 amide bonds. The molecule has 12 heteroatoms. The fourth-order valence-corrected chi connectivity index (χ4v) is 3.20. The molecular weight excluding hydrogens is 372 g/mol. The number of hydrogen-bond donors (Lipinski definition) is 5. The van der Waals surface area contributed by atoms with E-state index in [0.717, 1.165) is 0 Å². The van der Waals surface area contributed by atoms with E-state index < -0.39 is 74.4 Å². The Morgan fingerprint density at radius 2 is 1.37 bits per heavy atom. The van der Waals surface area contributed by atoms with Gasteiger partial charge in [-0.25, -0.2) is 0 Å². The Hall–Kier alpha value is -1.38. The zero-order valence-electron chi connectivity index (χ0n) is 14.4. The van der Waals surface area contributed by atoms with E-state index in [2.05, 4.69) is 0 Å². The van der Waals surface area contributed by atoms with Gasteiger partial charge in [-0.2, -0.15) is 0 Å². The van der Waals surface area contributed by atoms with Crippen molar-refractivity contribution >= 4 is 12.9 Å². The first-order chi connectivity index (χ1) is 12.9. The van der Waals surface area contributed by atoms with Crippen molar-refractivity contribution in [3.8, 4) is 0 Å². The van der Waals surface area contributed by atoms with E-state index in [9.17, 15) is 35.1 Å². The van der Waals surface area contributed by atoms with Crippen molar-refractivity contribution in [3.63, 3.8) is 0 Å². The van der Waals surface area contributed by atoms with Crippen LogP contribution in [0.5, 0.6) is 0 Å². The SMILES string of the molecule is CC1O[C@@H](CO)[C@@H](O)[C@H](O)[C@@H]1O[C@H]1O[C@H](CO)[C@@H](O)[C@@H](OC=O)[C@@H]1OC=O. The molecule has 0 spiro atoms. The first-order valence-electron chi connectivity index (χ1n) is 8.30. The van der Waals surface area contributed by atoms with Gasteiger partial charge in [-0.1, -0.05) is 0 Å². The van der Waals surface area contributed by atoms with Gasteiger partial charge in [-0.05, 0) is 6.92 Å². The van der Waals surface area contributed by atoms with E-state index in [1.807, 2.05) is 0 Å². The molecule has 0 aromatic carbocycles. The summed E-state index contributed by atoms with van der Waals surface area (Å²) in [6.07, 6.45) is -13.0. The number of aliphatic hydroxyl groups is 5. The van der Waals surface area contributed by atoms with Crippen molar-refractivity contribution in [2.75, 3.05) is 13.2 Å². The van der Waals surface area contributed by atoms with Gasteiger partial charge < -0.3 is 49.2 Å². The van der Waals surface area contributed by atoms with Gasteiger partial charge in [-0.15, -0.1) is 0 Å². The molecule has 5 N–H and O–H groups in total. The molecule has 10 atom stereocenters. The number of aliphatic hydroxyl groups excluding tert-OH is 5. The predicted molar refractivity (Wildman–Crippen MR) is 81.9 cm³/mol. The summed E-state index contributed by atoms with van der Waals surface area (Å²) in [6, 6.07) is 0. The molecule has 2 heterocycles. The van der Waals surface area contributed by atoms with Gasteiger partial charge in [0, 0.05) is 0 Å². The molecule has 0 aromatic rings. The van der Waals surface area contributed by atoms with E-state index >= 15 is 0 Å². The number of hydrogen-bond acceptors (Lipinski definition) is 12. The van der Waals surface area contributed by atoms with Gasteiger partial charge in [-0.3, -0.25) is 9.59 Å². The molecule has 27 heavy (non-hydrogen) atoms. The summed E-state index contributed by atoms with van der Waals surface area (Å²) >= 11 is 0. The average molecular weight is 396 g/mol. The highest BCUT2D eigenvalue weighted by Gasteiger charge is 2.52. The van der Waals surface area contributed by atoms with E-state index in [1.165, 1.54) is 6.92 Å². The lowest BCUT2D eigenvalue weighted by Crippen LogP contribution is -2.64. The molecule has 2 saturated heterocycles. The second-order valence-corrected chi connectivity index (χ2v) is 6.25. The van der Waals surface area contributed by atoms with Crippen molar-refractivity contribution in [1.82, 2.24) is 0 Å². The Labute approximate surface area is 154 Å². The van der Waals surface area contributed by atoms with Crippen molar-refractivity contribution < 1.29 is 58.8 Å². The van der Waals surface area contributed by atoms with Crippen molar-refractivity contribution in [1.29, 1.82) is 0 Å². The van der Waals surface area contributed by atoms with Crippen LogP contribution in [0.4, 0.5) is 0 Å². The fourth-order valence-electron chi connectivity index (χ4n) is 3.20. The van der Waals surface area contributed by atoms with Gasteiger partial charge in [0.2, 0.25) is 0 Å². The van der Waals surface area contributed by atoms with Crippen LogP contribution in [-0.2, 0) is 33.3 Å². The van der Waals surface area contributed by atoms with Crippen LogP contribution in [0.2, 0.25) is 0 Å². The third kappa shape index (κ3) is 4.55. The lowest BCUT2D eigenvalue weighted by atomic mass is 9.95. The molecule has 2 rings (SSSR count). The molecule has 2 fully saturated rings. The summed E-state index contributed by atoms with van der Waals surface area (Å²) in [4.78, 5) is 21.6. The third-order valence-corrected chi connectivity index (χ3v) is 4.61.